The molecule has 1 aliphatic carbocycles. The van der Waals surface area contributed by atoms with Crippen molar-refractivity contribution in [2.75, 3.05) is 0 Å². The van der Waals surface area contributed by atoms with E-state index in [9.17, 15) is 5.11 Å². The summed E-state index contributed by atoms with van der Waals surface area (Å²) in [5.74, 6) is 0. The first kappa shape index (κ1) is 9.66. The third kappa shape index (κ3) is 1.95. The molecule has 0 bridgehead atoms. The van der Waals surface area contributed by atoms with Gasteiger partial charge >= 0.3 is 0 Å². The van der Waals surface area contributed by atoms with Crippen LogP contribution in [0.4, 0.5) is 0 Å². The van der Waals surface area contributed by atoms with Gasteiger partial charge in [0.15, 0.2) is 0 Å². The lowest BCUT2D eigenvalue weighted by Crippen LogP contribution is -2.18. The predicted octanol–water partition coefficient (Wildman–Crippen LogP) is 2.18. The van der Waals surface area contributed by atoms with Crippen LogP contribution in [0.5, 0.6) is 0 Å². The van der Waals surface area contributed by atoms with Gasteiger partial charge in [0.25, 0.3) is 0 Å². The summed E-state index contributed by atoms with van der Waals surface area (Å²) in [5.41, 5.74) is 1.51. The van der Waals surface area contributed by atoms with E-state index in [1.165, 1.54) is 18.4 Å². The minimum atomic E-state index is -0.154. The van der Waals surface area contributed by atoms with Crippen molar-refractivity contribution in [2.45, 2.75) is 38.7 Å². The molecule has 76 valence electrons. The molecular formula is C12H17NO. The van der Waals surface area contributed by atoms with E-state index in [0.29, 0.717) is 0 Å². The van der Waals surface area contributed by atoms with Crippen molar-refractivity contribution in [1.29, 1.82) is 0 Å². The van der Waals surface area contributed by atoms with Crippen LogP contribution in [-0.4, -0.2) is 16.2 Å². The van der Waals surface area contributed by atoms with Gasteiger partial charge in [0.05, 0.1) is 6.10 Å². The lowest BCUT2D eigenvalue weighted by atomic mass is 9.92. The first-order valence-corrected chi connectivity index (χ1v) is 5.30. The molecule has 1 aliphatic rings. The number of nitrogens with zero attached hydrogens (tertiary/aromatic N) is 1. The van der Waals surface area contributed by atoms with E-state index in [1.807, 2.05) is 19.2 Å². The highest BCUT2D eigenvalue weighted by molar-refractivity contribution is 5.10. The smallest absolute Gasteiger partial charge is 0.0568 e. The molecule has 0 spiro atoms. The molecule has 1 aromatic heterocycles. The number of rotatable bonds is 4. The molecule has 1 atom stereocenters. The summed E-state index contributed by atoms with van der Waals surface area (Å²) in [6.07, 6.45) is 8.06. The minimum absolute atomic E-state index is 0.154. The summed E-state index contributed by atoms with van der Waals surface area (Å²) < 4.78 is 0. The summed E-state index contributed by atoms with van der Waals surface area (Å²) in [7, 11) is 0. The van der Waals surface area contributed by atoms with E-state index >= 15 is 0 Å². The van der Waals surface area contributed by atoms with E-state index < -0.39 is 0 Å². The maximum atomic E-state index is 9.61. The van der Waals surface area contributed by atoms with Crippen molar-refractivity contribution in [1.82, 2.24) is 4.98 Å². The molecule has 2 nitrogen and oxygen atoms in total. The topological polar surface area (TPSA) is 33.1 Å². The van der Waals surface area contributed by atoms with Gasteiger partial charge in [-0.2, -0.15) is 0 Å². The number of aromatic nitrogens is 1. The Morgan fingerprint density at radius 1 is 1.57 bits per heavy atom. The molecule has 0 radical (unpaired) electrons. The van der Waals surface area contributed by atoms with Gasteiger partial charge < -0.3 is 5.11 Å². The van der Waals surface area contributed by atoms with E-state index in [4.69, 9.17) is 0 Å². The SMILES string of the molecule is CC(O)C1(CCc2cccnc2)CC1. The molecule has 1 aromatic rings. The quantitative estimate of drug-likeness (QED) is 0.791. The third-order valence-corrected chi connectivity index (χ3v) is 3.41. The van der Waals surface area contributed by atoms with Crippen LogP contribution in [0.3, 0.4) is 0 Å². The molecule has 2 heteroatoms. The van der Waals surface area contributed by atoms with Gasteiger partial charge in [-0.15, -0.1) is 0 Å². The van der Waals surface area contributed by atoms with Crippen LogP contribution in [0, 0.1) is 5.41 Å². The fraction of sp³-hybridized carbons (Fsp3) is 0.583. The zero-order chi connectivity index (χ0) is 10.0. The Kier molecular flexibility index (Phi) is 2.55. The number of pyridine rings is 1. The Bertz CT molecular complexity index is 290. The van der Waals surface area contributed by atoms with Gasteiger partial charge in [-0.1, -0.05) is 6.07 Å². The molecule has 1 N–H and O–H groups in total. The number of aliphatic hydroxyl groups excluding tert-OH is 1. The van der Waals surface area contributed by atoms with Crippen LogP contribution < -0.4 is 0 Å². The van der Waals surface area contributed by atoms with E-state index in [2.05, 4.69) is 11.1 Å². The maximum Gasteiger partial charge on any atom is 0.0568 e. The fourth-order valence-electron chi connectivity index (χ4n) is 1.98. The lowest BCUT2D eigenvalue weighted by Gasteiger charge is -2.17. The Morgan fingerprint density at radius 3 is 2.86 bits per heavy atom. The molecule has 1 fully saturated rings. The van der Waals surface area contributed by atoms with E-state index in [-0.39, 0.29) is 11.5 Å². The number of hydrogen-bond donors (Lipinski definition) is 1. The molecule has 0 aliphatic heterocycles. The highest BCUT2D eigenvalue weighted by Gasteiger charge is 2.45. The number of aryl methyl sites for hydroxylation is 1. The summed E-state index contributed by atoms with van der Waals surface area (Å²) in [6, 6.07) is 4.07. The number of aliphatic hydroxyl groups is 1. The molecule has 0 saturated heterocycles. The van der Waals surface area contributed by atoms with Crippen LogP contribution in [0.2, 0.25) is 0 Å². The van der Waals surface area contributed by atoms with E-state index in [0.717, 1.165) is 12.8 Å². The summed E-state index contributed by atoms with van der Waals surface area (Å²) >= 11 is 0. The molecule has 2 rings (SSSR count). The summed E-state index contributed by atoms with van der Waals surface area (Å²) in [4.78, 5) is 4.09. The van der Waals surface area contributed by atoms with Crippen molar-refractivity contribution < 1.29 is 5.11 Å². The first-order chi connectivity index (χ1) is 6.73. The van der Waals surface area contributed by atoms with E-state index in [1.54, 1.807) is 6.20 Å². The lowest BCUT2D eigenvalue weighted by molar-refractivity contribution is 0.105. The van der Waals surface area contributed by atoms with Crippen molar-refractivity contribution in [3.8, 4) is 0 Å². The predicted molar refractivity (Wildman–Crippen MR) is 55.9 cm³/mol. The average molecular weight is 191 g/mol. The normalized spacial score (nSPS) is 20.4. The summed E-state index contributed by atoms with van der Waals surface area (Å²) in [5, 5.41) is 9.61. The van der Waals surface area contributed by atoms with Crippen LogP contribution in [-0.2, 0) is 6.42 Å². The molecule has 1 saturated carbocycles. The zero-order valence-corrected chi connectivity index (χ0v) is 8.61. The first-order valence-electron chi connectivity index (χ1n) is 5.30. The van der Waals surface area contributed by atoms with Crippen molar-refractivity contribution in [3.63, 3.8) is 0 Å². The second-order valence-electron chi connectivity index (χ2n) is 4.40. The number of hydrogen-bond acceptors (Lipinski definition) is 2. The highest BCUT2D eigenvalue weighted by Crippen LogP contribution is 2.52. The second kappa shape index (κ2) is 3.70. The van der Waals surface area contributed by atoms with Gasteiger partial charge in [-0.3, -0.25) is 4.98 Å². The molecule has 1 unspecified atom stereocenters. The maximum absolute atomic E-state index is 9.61. The fourth-order valence-corrected chi connectivity index (χ4v) is 1.98. The molecule has 0 aromatic carbocycles. The van der Waals surface area contributed by atoms with Crippen molar-refractivity contribution in [2.24, 2.45) is 5.41 Å². The van der Waals surface area contributed by atoms with Gasteiger partial charge in [0.1, 0.15) is 0 Å². The summed E-state index contributed by atoms with van der Waals surface area (Å²) in [6.45, 7) is 1.91. The van der Waals surface area contributed by atoms with Gasteiger partial charge in [0, 0.05) is 12.4 Å². The standard InChI is InChI=1S/C12H17NO/c1-10(14)12(6-7-12)5-4-11-3-2-8-13-9-11/h2-3,8-10,14H,4-7H2,1H3. The van der Waals surface area contributed by atoms with Crippen molar-refractivity contribution >= 4 is 0 Å². The molecular weight excluding hydrogens is 174 g/mol. The molecule has 1 heterocycles. The molecule has 14 heavy (non-hydrogen) atoms. The second-order valence-corrected chi connectivity index (χ2v) is 4.40. The average Bonchev–Trinajstić information content (AvgIpc) is 2.97. The van der Waals surface area contributed by atoms with Gasteiger partial charge in [0.2, 0.25) is 0 Å². The largest absolute Gasteiger partial charge is 0.393 e. The minimum Gasteiger partial charge on any atom is -0.393 e. The van der Waals surface area contributed by atoms with Crippen molar-refractivity contribution in [3.05, 3.63) is 30.1 Å². The van der Waals surface area contributed by atoms with Crippen LogP contribution >= 0.6 is 0 Å². The van der Waals surface area contributed by atoms with Gasteiger partial charge in [-0.05, 0) is 49.7 Å². The third-order valence-electron chi connectivity index (χ3n) is 3.41. The Hall–Kier alpha value is -0.890. The Morgan fingerprint density at radius 2 is 2.36 bits per heavy atom. The Labute approximate surface area is 85.0 Å². The highest BCUT2D eigenvalue weighted by atomic mass is 16.3. The Balaban J connectivity index is 1.89. The van der Waals surface area contributed by atoms with Crippen LogP contribution in [0.1, 0.15) is 31.7 Å². The van der Waals surface area contributed by atoms with Crippen LogP contribution in [0.15, 0.2) is 24.5 Å². The molecule has 0 amide bonds. The van der Waals surface area contributed by atoms with Crippen LogP contribution in [0.25, 0.3) is 0 Å². The monoisotopic (exact) mass is 191 g/mol. The zero-order valence-electron chi connectivity index (χ0n) is 8.61. The van der Waals surface area contributed by atoms with Gasteiger partial charge in [-0.25, -0.2) is 0 Å².